The van der Waals surface area contributed by atoms with Crippen molar-refractivity contribution in [3.63, 3.8) is 0 Å². The van der Waals surface area contributed by atoms with Gasteiger partial charge >= 0.3 is 11.9 Å². The van der Waals surface area contributed by atoms with Gasteiger partial charge in [0.2, 0.25) is 0 Å². The molecular formula is C9H13F3O2. The zero-order valence-corrected chi connectivity index (χ0v) is 7.90. The van der Waals surface area contributed by atoms with Crippen molar-refractivity contribution in [3.8, 4) is 0 Å². The molecule has 0 aliphatic heterocycles. The minimum atomic E-state index is -4.29. The summed E-state index contributed by atoms with van der Waals surface area (Å²) in [6.07, 6.45) is 2.07. The average molecular weight is 210 g/mol. The number of hydrogen-bond acceptors (Lipinski definition) is 1. The van der Waals surface area contributed by atoms with Crippen molar-refractivity contribution >= 4 is 5.97 Å². The number of aliphatic carboxylic acids is 1. The molecular weight excluding hydrogens is 197 g/mol. The zero-order chi connectivity index (χ0) is 11.0. The third-order valence-electron chi connectivity index (χ3n) is 3.00. The first kappa shape index (κ1) is 11.3. The lowest BCUT2D eigenvalue weighted by atomic mass is 9.84. The molecule has 0 heterocycles. The maximum atomic E-state index is 13.7. The van der Waals surface area contributed by atoms with Crippen LogP contribution < -0.4 is 0 Å². The van der Waals surface area contributed by atoms with E-state index in [2.05, 4.69) is 0 Å². The van der Waals surface area contributed by atoms with Crippen LogP contribution in [0.5, 0.6) is 0 Å². The highest BCUT2D eigenvalue weighted by Crippen LogP contribution is 2.45. The Kier molecular flexibility index (Phi) is 2.78. The van der Waals surface area contributed by atoms with Gasteiger partial charge < -0.3 is 5.11 Å². The Morgan fingerprint density at radius 3 is 2.07 bits per heavy atom. The molecule has 5 heteroatoms. The Bertz CT molecular complexity index is 232. The molecule has 82 valence electrons. The van der Waals surface area contributed by atoms with E-state index in [1.165, 1.54) is 0 Å². The van der Waals surface area contributed by atoms with Crippen LogP contribution in [0.2, 0.25) is 0 Å². The molecule has 14 heavy (non-hydrogen) atoms. The van der Waals surface area contributed by atoms with E-state index < -0.39 is 23.5 Å². The van der Waals surface area contributed by atoms with Crippen molar-refractivity contribution in [3.05, 3.63) is 0 Å². The molecule has 0 bridgehead atoms. The molecule has 1 saturated carbocycles. The van der Waals surface area contributed by atoms with Gasteiger partial charge in [-0.25, -0.2) is 9.18 Å². The summed E-state index contributed by atoms with van der Waals surface area (Å²) in [6.45, 7) is 0.692. The van der Waals surface area contributed by atoms with E-state index in [9.17, 15) is 18.0 Å². The second-order valence-corrected chi connectivity index (χ2v) is 3.94. The van der Waals surface area contributed by atoms with Crippen LogP contribution in [0.3, 0.4) is 0 Å². The molecule has 0 amide bonds. The van der Waals surface area contributed by atoms with Gasteiger partial charge in [-0.3, -0.25) is 0 Å². The summed E-state index contributed by atoms with van der Waals surface area (Å²) >= 11 is 0. The Labute approximate surface area is 80.1 Å². The Morgan fingerprint density at radius 1 is 1.29 bits per heavy atom. The van der Waals surface area contributed by atoms with Crippen LogP contribution in [0.4, 0.5) is 13.2 Å². The summed E-state index contributed by atoms with van der Waals surface area (Å²) in [5, 5.41) is 8.25. The number of halogens is 3. The summed E-state index contributed by atoms with van der Waals surface area (Å²) in [5.41, 5.74) is -2.94. The number of hydrogen-bond donors (Lipinski definition) is 1. The van der Waals surface area contributed by atoms with Gasteiger partial charge in [-0.1, -0.05) is 12.8 Å². The molecule has 1 atom stereocenters. The number of rotatable bonds is 3. The monoisotopic (exact) mass is 210 g/mol. The van der Waals surface area contributed by atoms with Gasteiger partial charge in [-0.15, -0.1) is 0 Å². The van der Waals surface area contributed by atoms with E-state index in [1.807, 2.05) is 0 Å². The molecule has 0 saturated heterocycles. The first-order chi connectivity index (χ1) is 6.30. The molecule has 1 unspecified atom stereocenters. The normalized spacial score (nSPS) is 23.4. The maximum Gasteiger partial charge on any atom is 0.378 e. The highest BCUT2D eigenvalue weighted by molar-refractivity contribution is 5.77. The molecule has 1 rings (SSSR count). The minimum Gasteiger partial charge on any atom is -0.477 e. The lowest BCUT2D eigenvalue weighted by molar-refractivity contribution is -0.197. The number of carboxylic acid groups (broad SMARTS) is 1. The fourth-order valence-electron chi connectivity index (χ4n) is 1.93. The lowest BCUT2D eigenvalue weighted by Gasteiger charge is -2.32. The third-order valence-corrected chi connectivity index (χ3v) is 3.00. The summed E-state index contributed by atoms with van der Waals surface area (Å²) in [4.78, 5) is 10.2. The van der Waals surface area contributed by atoms with E-state index in [1.54, 1.807) is 0 Å². The van der Waals surface area contributed by atoms with E-state index >= 15 is 0 Å². The highest BCUT2D eigenvalue weighted by Gasteiger charge is 2.61. The Hall–Kier alpha value is -0.740. The van der Waals surface area contributed by atoms with Crippen molar-refractivity contribution in [1.29, 1.82) is 0 Å². The van der Waals surface area contributed by atoms with Crippen molar-refractivity contribution in [2.75, 3.05) is 0 Å². The summed E-state index contributed by atoms with van der Waals surface area (Å²) in [5.74, 6) is -7.51. The standard InChI is InChI=1S/C9H13F3O2/c1-8(10,6-4-2-3-5-6)9(11,12)7(13)14/h6H,2-5H2,1H3,(H,13,14). The first-order valence-electron chi connectivity index (χ1n) is 4.60. The van der Waals surface area contributed by atoms with Crippen LogP contribution in [0.25, 0.3) is 0 Å². The topological polar surface area (TPSA) is 37.3 Å². The Morgan fingerprint density at radius 2 is 1.71 bits per heavy atom. The minimum absolute atomic E-state index is 0.343. The molecule has 2 nitrogen and oxygen atoms in total. The van der Waals surface area contributed by atoms with Crippen LogP contribution in [0, 0.1) is 5.92 Å². The third kappa shape index (κ3) is 1.60. The molecule has 0 radical (unpaired) electrons. The van der Waals surface area contributed by atoms with Crippen molar-refractivity contribution < 1.29 is 23.1 Å². The smallest absolute Gasteiger partial charge is 0.378 e. The number of alkyl halides is 3. The molecule has 1 aliphatic carbocycles. The summed E-state index contributed by atoms with van der Waals surface area (Å²) < 4.78 is 39.7. The number of carboxylic acids is 1. The SMILES string of the molecule is CC(F)(C1CCCC1)C(F)(F)C(=O)O. The van der Waals surface area contributed by atoms with Gasteiger partial charge in [0.05, 0.1) is 0 Å². The lowest BCUT2D eigenvalue weighted by Crippen LogP contribution is -2.52. The molecule has 0 spiro atoms. The van der Waals surface area contributed by atoms with Crippen molar-refractivity contribution in [1.82, 2.24) is 0 Å². The first-order valence-corrected chi connectivity index (χ1v) is 4.60. The van der Waals surface area contributed by atoms with E-state index in [0.29, 0.717) is 32.6 Å². The van der Waals surface area contributed by atoms with E-state index in [-0.39, 0.29) is 0 Å². The molecule has 1 N–H and O–H groups in total. The maximum absolute atomic E-state index is 13.7. The van der Waals surface area contributed by atoms with E-state index in [4.69, 9.17) is 5.11 Å². The van der Waals surface area contributed by atoms with Crippen LogP contribution >= 0.6 is 0 Å². The van der Waals surface area contributed by atoms with Gasteiger partial charge in [0, 0.05) is 0 Å². The molecule has 0 aromatic rings. The predicted octanol–water partition coefficient (Wildman–Crippen LogP) is 2.62. The predicted molar refractivity (Wildman–Crippen MR) is 44.1 cm³/mol. The molecule has 0 aromatic heterocycles. The highest BCUT2D eigenvalue weighted by atomic mass is 19.3. The number of carbonyl (C=O) groups is 1. The van der Waals surface area contributed by atoms with Gasteiger partial charge in [-0.2, -0.15) is 8.78 Å². The van der Waals surface area contributed by atoms with Crippen molar-refractivity contribution in [2.45, 2.75) is 44.2 Å². The van der Waals surface area contributed by atoms with E-state index in [0.717, 1.165) is 0 Å². The van der Waals surface area contributed by atoms with Gasteiger partial charge in [0.1, 0.15) is 0 Å². The van der Waals surface area contributed by atoms with Gasteiger partial charge in [0.25, 0.3) is 0 Å². The molecule has 0 aromatic carbocycles. The quantitative estimate of drug-likeness (QED) is 0.777. The van der Waals surface area contributed by atoms with Crippen LogP contribution in [0.15, 0.2) is 0 Å². The van der Waals surface area contributed by atoms with Gasteiger partial charge in [-0.05, 0) is 25.7 Å². The second-order valence-electron chi connectivity index (χ2n) is 3.94. The van der Waals surface area contributed by atoms with Crippen molar-refractivity contribution in [2.24, 2.45) is 5.92 Å². The summed E-state index contributed by atoms with van der Waals surface area (Å²) in [6, 6.07) is 0. The Balaban J connectivity index is 2.86. The fourth-order valence-corrected chi connectivity index (χ4v) is 1.93. The summed E-state index contributed by atoms with van der Waals surface area (Å²) in [7, 11) is 0. The molecule has 1 fully saturated rings. The van der Waals surface area contributed by atoms with Crippen LogP contribution in [0.1, 0.15) is 32.6 Å². The van der Waals surface area contributed by atoms with Crippen LogP contribution in [-0.4, -0.2) is 22.7 Å². The zero-order valence-electron chi connectivity index (χ0n) is 7.90. The largest absolute Gasteiger partial charge is 0.477 e. The van der Waals surface area contributed by atoms with Gasteiger partial charge in [0.15, 0.2) is 5.67 Å². The fraction of sp³-hybridized carbons (Fsp3) is 0.889. The van der Waals surface area contributed by atoms with Crippen LogP contribution in [-0.2, 0) is 4.79 Å². The average Bonchev–Trinajstić information content (AvgIpc) is 2.55. The second kappa shape index (κ2) is 3.44. The molecule has 1 aliphatic rings.